The van der Waals surface area contributed by atoms with Gasteiger partial charge in [0.25, 0.3) is 0 Å². The summed E-state index contributed by atoms with van der Waals surface area (Å²) in [5.74, 6) is -1.11. The highest BCUT2D eigenvalue weighted by atomic mass is 35.5. The maximum atomic E-state index is 12.3. The van der Waals surface area contributed by atoms with Gasteiger partial charge in [0, 0.05) is 5.41 Å². The van der Waals surface area contributed by atoms with Crippen LogP contribution in [0.4, 0.5) is 13.2 Å². The number of rotatable bonds is 1. The highest BCUT2D eigenvalue weighted by molar-refractivity contribution is 5.85. The van der Waals surface area contributed by atoms with E-state index < -0.39 is 17.5 Å². The summed E-state index contributed by atoms with van der Waals surface area (Å²) >= 11 is 0. The van der Waals surface area contributed by atoms with Gasteiger partial charge in [0.05, 0.1) is 0 Å². The maximum absolute atomic E-state index is 12.3. The number of nitrogens with one attached hydrogen (secondary N) is 1. The Bertz CT molecular complexity index is 374. The standard InChI is InChI=1S/C9H12F3N3O.ClH/c1-8(2-4-13-5-3-8)6-14-7(16-15-6)9(10,11)12;/h13H,2-5H2,1H3;1H. The molecule has 1 aromatic heterocycles. The van der Waals surface area contributed by atoms with Crippen LogP contribution < -0.4 is 5.32 Å². The first kappa shape index (κ1) is 14.2. The van der Waals surface area contributed by atoms with E-state index in [1.807, 2.05) is 6.92 Å². The molecule has 8 heteroatoms. The number of nitrogens with zero attached hydrogens (tertiary/aromatic N) is 2. The number of hydrogen-bond donors (Lipinski definition) is 1. The second-order valence-electron chi connectivity index (χ2n) is 4.23. The van der Waals surface area contributed by atoms with Gasteiger partial charge in [-0.05, 0) is 25.9 Å². The van der Waals surface area contributed by atoms with Crippen molar-refractivity contribution in [1.82, 2.24) is 15.5 Å². The Morgan fingerprint density at radius 1 is 1.29 bits per heavy atom. The van der Waals surface area contributed by atoms with Gasteiger partial charge < -0.3 is 9.84 Å². The van der Waals surface area contributed by atoms with E-state index in [4.69, 9.17) is 0 Å². The summed E-state index contributed by atoms with van der Waals surface area (Å²) in [6, 6.07) is 0. The molecule has 98 valence electrons. The molecule has 0 bridgehead atoms. The summed E-state index contributed by atoms with van der Waals surface area (Å²) in [5, 5.41) is 6.58. The Balaban J connectivity index is 0.00000144. The van der Waals surface area contributed by atoms with Crippen LogP contribution >= 0.6 is 12.4 Å². The number of aromatic nitrogens is 2. The number of piperidine rings is 1. The van der Waals surface area contributed by atoms with E-state index in [2.05, 4.69) is 20.0 Å². The van der Waals surface area contributed by atoms with Crippen molar-refractivity contribution < 1.29 is 17.7 Å². The molecule has 4 nitrogen and oxygen atoms in total. The lowest BCUT2D eigenvalue weighted by Gasteiger charge is -2.30. The number of hydrogen-bond acceptors (Lipinski definition) is 4. The zero-order valence-electron chi connectivity index (χ0n) is 9.17. The molecule has 0 saturated carbocycles. The number of alkyl halides is 3. The summed E-state index contributed by atoms with van der Waals surface area (Å²) in [5.41, 5.74) is -0.418. The third kappa shape index (κ3) is 2.90. The molecule has 1 aliphatic heterocycles. The van der Waals surface area contributed by atoms with Crippen molar-refractivity contribution in [2.24, 2.45) is 0 Å². The monoisotopic (exact) mass is 271 g/mol. The molecule has 0 aromatic carbocycles. The zero-order chi connectivity index (χ0) is 11.8. The van der Waals surface area contributed by atoms with Crippen molar-refractivity contribution in [2.45, 2.75) is 31.4 Å². The Hall–Kier alpha value is -0.820. The van der Waals surface area contributed by atoms with Crippen molar-refractivity contribution >= 4 is 12.4 Å². The molecule has 1 fully saturated rings. The van der Waals surface area contributed by atoms with Gasteiger partial charge in [0.1, 0.15) is 0 Å². The largest absolute Gasteiger partial charge is 0.471 e. The molecule has 0 amide bonds. The fourth-order valence-corrected chi connectivity index (χ4v) is 1.79. The third-order valence-electron chi connectivity index (χ3n) is 2.92. The fourth-order valence-electron chi connectivity index (χ4n) is 1.79. The Kier molecular flexibility index (Phi) is 4.03. The lowest BCUT2D eigenvalue weighted by atomic mass is 9.80. The molecule has 2 heterocycles. The van der Waals surface area contributed by atoms with Gasteiger partial charge >= 0.3 is 12.1 Å². The summed E-state index contributed by atoms with van der Waals surface area (Å²) < 4.78 is 41.1. The average Bonchev–Trinajstić information content (AvgIpc) is 2.67. The molecule has 1 N–H and O–H groups in total. The first-order chi connectivity index (χ1) is 7.42. The minimum atomic E-state index is -4.56. The van der Waals surface area contributed by atoms with Gasteiger partial charge in [0.15, 0.2) is 5.82 Å². The maximum Gasteiger partial charge on any atom is 0.471 e. The van der Waals surface area contributed by atoms with E-state index in [1.54, 1.807) is 0 Å². The van der Waals surface area contributed by atoms with Crippen LogP contribution in [0.1, 0.15) is 31.5 Å². The summed E-state index contributed by atoms with van der Waals surface area (Å²) in [6.07, 6.45) is -3.14. The van der Waals surface area contributed by atoms with Crippen molar-refractivity contribution in [1.29, 1.82) is 0 Å². The van der Waals surface area contributed by atoms with E-state index in [0.717, 1.165) is 13.1 Å². The van der Waals surface area contributed by atoms with Crippen LogP contribution in [0.2, 0.25) is 0 Å². The van der Waals surface area contributed by atoms with E-state index >= 15 is 0 Å². The van der Waals surface area contributed by atoms with Crippen molar-refractivity contribution in [3.8, 4) is 0 Å². The molecule has 1 saturated heterocycles. The van der Waals surface area contributed by atoms with E-state index in [0.29, 0.717) is 12.8 Å². The van der Waals surface area contributed by atoms with Gasteiger partial charge in [-0.1, -0.05) is 12.1 Å². The van der Waals surface area contributed by atoms with Gasteiger partial charge in [-0.25, -0.2) is 0 Å². The first-order valence-corrected chi connectivity index (χ1v) is 5.04. The molecule has 17 heavy (non-hydrogen) atoms. The highest BCUT2D eigenvalue weighted by Crippen LogP contribution is 2.34. The van der Waals surface area contributed by atoms with Crippen molar-refractivity contribution in [3.05, 3.63) is 11.7 Å². The Morgan fingerprint density at radius 3 is 2.35 bits per heavy atom. The first-order valence-electron chi connectivity index (χ1n) is 5.04. The van der Waals surface area contributed by atoms with E-state index in [9.17, 15) is 13.2 Å². The van der Waals surface area contributed by atoms with E-state index in [-0.39, 0.29) is 18.2 Å². The predicted octanol–water partition coefficient (Wildman–Crippen LogP) is 2.15. The Morgan fingerprint density at radius 2 is 1.88 bits per heavy atom. The molecule has 1 aliphatic rings. The van der Waals surface area contributed by atoms with Crippen molar-refractivity contribution in [3.63, 3.8) is 0 Å². The molecule has 0 atom stereocenters. The summed E-state index contributed by atoms with van der Waals surface area (Å²) in [6.45, 7) is 3.37. The van der Waals surface area contributed by atoms with Crippen LogP contribution in [0, 0.1) is 0 Å². The minimum absolute atomic E-state index is 0. The van der Waals surface area contributed by atoms with Gasteiger partial charge in [-0.2, -0.15) is 18.2 Å². The van der Waals surface area contributed by atoms with Gasteiger partial charge in [-0.15, -0.1) is 12.4 Å². The van der Waals surface area contributed by atoms with Crippen LogP contribution in [0.15, 0.2) is 4.52 Å². The van der Waals surface area contributed by atoms with Crippen LogP contribution in [0.5, 0.6) is 0 Å². The van der Waals surface area contributed by atoms with Gasteiger partial charge in [-0.3, -0.25) is 0 Å². The SMILES string of the molecule is CC1(c2noc(C(F)(F)F)n2)CCNCC1.Cl. The molecule has 2 rings (SSSR count). The summed E-state index contributed by atoms with van der Waals surface area (Å²) in [4.78, 5) is 3.45. The lowest BCUT2D eigenvalue weighted by molar-refractivity contribution is -0.159. The molecule has 0 aliphatic carbocycles. The molecular weight excluding hydrogens is 259 g/mol. The molecule has 0 spiro atoms. The predicted molar refractivity (Wildman–Crippen MR) is 56.0 cm³/mol. The smallest absolute Gasteiger partial charge is 0.329 e. The lowest BCUT2D eigenvalue weighted by Crippen LogP contribution is -2.38. The van der Waals surface area contributed by atoms with Crippen LogP contribution in [0.25, 0.3) is 0 Å². The average molecular weight is 272 g/mol. The number of halogens is 4. The fraction of sp³-hybridized carbons (Fsp3) is 0.778. The zero-order valence-corrected chi connectivity index (χ0v) is 9.99. The minimum Gasteiger partial charge on any atom is -0.329 e. The molecule has 0 radical (unpaired) electrons. The van der Waals surface area contributed by atoms with Crippen LogP contribution in [-0.4, -0.2) is 23.2 Å². The third-order valence-corrected chi connectivity index (χ3v) is 2.92. The van der Waals surface area contributed by atoms with Crippen molar-refractivity contribution in [2.75, 3.05) is 13.1 Å². The molecular formula is C9H13ClF3N3O. The topological polar surface area (TPSA) is 51.0 Å². The second kappa shape index (κ2) is 4.81. The second-order valence-corrected chi connectivity index (χ2v) is 4.23. The highest BCUT2D eigenvalue weighted by Gasteiger charge is 2.41. The normalized spacial score (nSPS) is 19.8. The molecule has 0 unspecified atom stereocenters. The van der Waals surface area contributed by atoms with Crippen LogP contribution in [0.3, 0.4) is 0 Å². The molecule has 1 aromatic rings. The van der Waals surface area contributed by atoms with Gasteiger partial charge in [0.2, 0.25) is 0 Å². The summed E-state index contributed by atoms with van der Waals surface area (Å²) in [7, 11) is 0. The quantitative estimate of drug-likeness (QED) is 0.850. The van der Waals surface area contributed by atoms with Crippen LogP contribution in [-0.2, 0) is 11.6 Å². The Labute approximate surface area is 102 Å². The van der Waals surface area contributed by atoms with E-state index in [1.165, 1.54) is 0 Å².